The zero-order valence-corrected chi connectivity index (χ0v) is 9.31. The Bertz CT molecular complexity index is 464. The summed E-state index contributed by atoms with van der Waals surface area (Å²) in [5.74, 6) is 0. The van der Waals surface area contributed by atoms with Gasteiger partial charge in [0, 0.05) is 6.20 Å². The molecular formula is C10H11ClN4. The number of rotatable bonds is 2. The highest BCUT2D eigenvalue weighted by Crippen LogP contribution is 2.20. The molecular weight excluding hydrogens is 212 g/mol. The zero-order chi connectivity index (χ0) is 10.8. The normalized spacial score (nSPS) is 12.7. The fourth-order valence-electron chi connectivity index (χ4n) is 1.37. The molecule has 0 aliphatic carbocycles. The van der Waals surface area contributed by atoms with Crippen LogP contribution in [-0.4, -0.2) is 20.0 Å². The van der Waals surface area contributed by atoms with Crippen molar-refractivity contribution in [3.63, 3.8) is 0 Å². The molecule has 0 saturated heterocycles. The van der Waals surface area contributed by atoms with Gasteiger partial charge in [-0.25, -0.2) is 4.68 Å². The van der Waals surface area contributed by atoms with Crippen molar-refractivity contribution in [1.29, 1.82) is 0 Å². The Hall–Kier alpha value is -1.42. The molecule has 0 radical (unpaired) electrons. The molecule has 0 spiro atoms. The molecule has 5 heteroatoms. The predicted octanol–water partition coefficient (Wildman–Crippen LogP) is 2.27. The van der Waals surface area contributed by atoms with Gasteiger partial charge in [-0.3, -0.25) is 4.98 Å². The second-order valence-electron chi connectivity index (χ2n) is 3.41. The van der Waals surface area contributed by atoms with Gasteiger partial charge < -0.3 is 0 Å². The Kier molecular flexibility index (Phi) is 2.68. The molecule has 2 aromatic rings. The fourth-order valence-corrected chi connectivity index (χ4v) is 1.52. The lowest BCUT2D eigenvalue weighted by atomic mass is 10.3. The van der Waals surface area contributed by atoms with Gasteiger partial charge in [0.2, 0.25) is 0 Å². The Morgan fingerprint density at radius 3 is 2.80 bits per heavy atom. The molecule has 0 aliphatic heterocycles. The van der Waals surface area contributed by atoms with Crippen molar-refractivity contribution in [1.82, 2.24) is 20.0 Å². The monoisotopic (exact) mass is 222 g/mol. The van der Waals surface area contributed by atoms with E-state index in [2.05, 4.69) is 15.3 Å². The minimum atomic E-state index is -0.125. The second-order valence-corrected chi connectivity index (χ2v) is 4.06. The van der Waals surface area contributed by atoms with Crippen LogP contribution in [0.4, 0.5) is 0 Å². The average Bonchev–Trinajstić information content (AvgIpc) is 2.65. The van der Waals surface area contributed by atoms with Crippen molar-refractivity contribution in [2.24, 2.45) is 0 Å². The van der Waals surface area contributed by atoms with Crippen LogP contribution in [0.15, 0.2) is 24.7 Å². The van der Waals surface area contributed by atoms with Crippen LogP contribution in [0.1, 0.15) is 23.6 Å². The summed E-state index contributed by atoms with van der Waals surface area (Å²) in [7, 11) is 0. The van der Waals surface area contributed by atoms with Crippen molar-refractivity contribution in [2.45, 2.75) is 19.2 Å². The zero-order valence-electron chi connectivity index (χ0n) is 8.55. The van der Waals surface area contributed by atoms with Gasteiger partial charge in [0.1, 0.15) is 0 Å². The van der Waals surface area contributed by atoms with Crippen LogP contribution >= 0.6 is 11.6 Å². The molecule has 0 saturated carbocycles. The highest BCUT2D eigenvalue weighted by Gasteiger charge is 2.11. The van der Waals surface area contributed by atoms with E-state index < -0.39 is 0 Å². The third-order valence-electron chi connectivity index (χ3n) is 2.09. The Balaban J connectivity index is 2.49. The smallest absolute Gasteiger partial charge is 0.0853 e. The van der Waals surface area contributed by atoms with Gasteiger partial charge in [0.25, 0.3) is 0 Å². The summed E-state index contributed by atoms with van der Waals surface area (Å²) in [4.78, 5) is 4.11. The summed E-state index contributed by atoms with van der Waals surface area (Å²) in [6.07, 6.45) is 5.20. The van der Waals surface area contributed by atoms with Gasteiger partial charge in [-0.2, -0.15) is 0 Å². The summed E-state index contributed by atoms with van der Waals surface area (Å²) in [6, 6.07) is 1.99. The summed E-state index contributed by atoms with van der Waals surface area (Å²) in [6.45, 7) is 3.87. The molecule has 0 amide bonds. The van der Waals surface area contributed by atoms with Crippen LogP contribution in [0.5, 0.6) is 0 Å². The summed E-state index contributed by atoms with van der Waals surface area (Å²) in [5.41, 5.74) is 2.83. The van der Waals surface area contributed by atoms with Crippen LogP contribution < -0.4 is 0 Å². The van der Waals surface area contributed by atoms with E-state index >= 15 is 0 Å². The van der Waals surface area contributed by atoms with Gasteiger partial charge in [0.15, 0.2) is 0 Å². The van der Waals surface area contributed by atoms with Gasteiger partial charge in [-0.15, -0.1) is 16.7 Å². The number of hydrogen-bond donors (Lipinski definition) is 0. The van der Waals surface area contributed by atoms with Crippen LogP contribution in [-0.2, 0) is 0 Å². The van der Waals surface area contributed by atoms with E-state index in [0.717, 1.165) is 16.9 Å². The van der Waals surface area contributed by atoms with Crippen LogP contribution in [0, 0.1) is 6.92 Å². The summed E-state index contributed by atoms with van der Waals surface area (Å²) < 4.78 is 1.71. The molecule has 2 heterocycles. The first-order valence-corrected chi connectivity index (χ1v) is 5.09. The van der Waals surface area contributed by atoms with Crippen molar-refractivity contribution in [3.8, 4) is 5.69 Å². The van der Waals surface area contributed by atoms with E-state index in [1.807, 2.05) is 19.9 Å². The lowest BCUT2D eigenvalue weighted by Crippen LogP contribution is -2.03. The van der Waals surface area contributed by atoms with Gasteiger partial charge in [0.05, 0.1) is 29.2 Å². The minimum Gasteiger partial charge on any atom is -0.262 e. The van der Waals surface area contributed by atoms with E-state index in [9.17, 15) is 0 Å². The van der Waals surface area contributed by atoms with Gasteiger partial charge in [-0.1, -0.05) is 5.21 Å². The standard InChI is InChI=1S/C10H11ClN4/c1-7-3-9(5-12-4-7)15-10(8(2)11)6-13-14-15/h3-6,8H,1-2H3. The van der Waals surface area contributed by atoms with Crippen molar-refractivity contribution in [2.75, 3.05) is 0 Å². The second kappa shape index (κ2) is 3.98. The maximum atomic E-state index is 6.02. The number of aryl methyl sites for hydroxylation is 1. The van der Waals surface area contributed by atoms with Gasteiger partial charge >= 0.3 is 0 Å². The largest absolute Gasteiger partial charge is 0.262 e. The fraction of sp³-hybridized carbons (Fsp3) is 0.300. The minimum absolute atomic E-state index is 0.125. The summed E-state index contributed by atoms with van der Waals surface area (Å²) >= 11 is 6.02. The number of alkyl halides is 1. The highest BCUT2D eigenvalue weighted by molar-refractivity contribution is 6.20. The molecule has 1 atom stereocenters. The molecule has 15 heavy (non-hydrogen) atoms. The quantitative estimate of drug-likeness (QED) is 0.733. The first-order valence-electron chi connectivity index (χ1n) is 4.65. The molecule has 78 valence electrons. The molecule has 1 unspecified atom stereocenters. The molecule has 0 fully saturated rings. The maximum absolute atomic E-state index is 6.02. The SMILES string of the molecule is Cc1cncc(-n2nncc2C(C)Cl)c1. The number of halogens is 1. The Morgan fingerprint density at radius 1 is 1.33 bits per heavy atom. The number of aromatic nitrogens is 4. The van der Waals surface area contributed by atoms with Crippen molar-refractivity contribution >= 4 is 11.6 Å². The van der Waals surface area contributed by atoms with E-state index in [1.165, 1.54) is 0 Å². The Labute approximate surface area is 92.9 Å². The first-order chi connectivity index (χ1) is 7.18. The van der Waals surface area contributed by atoms with E-state index in [1.54, 1.807) is 23.3 Å². The first kappa shape index (κ1) is 10.1. The lowest BCUT2D eigenvalue weighted by molar-refractivity contribution is 0.757. The highest BCUT2D eigenvalue weighted by atomic mass is 35.5. The van der Waals surface area contributed by atoms with Crippen LogP contribution in [0.25, 0.3) is 5.69 Å². The third kappa shape index (κ3) is 1.99. The van der Waals surface area contributed by atoms with Crippen LogP contribution in [0.2, 0.25) is 0 Å². The van der Waals surface area contributed by atoms with Crippen LogP contribution in [0.3, 0.4) is 0 Å². The maximum Gasteiger partial charge on any atom is 0.0853 e. The number of hydrogen-bond acceptors (Lipinski definition) is 3. The third-order valence-corrected chi connectivity index (χ3v) is 2.31. The molecule has 0 aromatic carbocycles. The van der Waals surface area contributed by atoms with E-state index in [0.29, 0.717) is 0 Å². The molecule has 0 bridgehead atoms. The lowest BCUT2D eigenvalue weighted by Gasteiger charge is -2.07. The molecule has 0 aliphatic rings. The molecule has 4 nitrogen and oxygen atoms in total. The predicted molar refractivity (Wildman–Crippen MR) is 58.2 cm³/mol. The van der Waals surface area contributed by atoms with Crippen molar-refractivity contribution in [3.05, 3.63) is 35.9 Å². The number of nitrogens with zero attached hydrogens (tertiary/aromatic N) is 4. The van der Waals surface area contributed by atoms with E-state index in [-0.39, 0.29) is 5.38 Å². The molecule has 2 rings (SSSR count). The van der Waals surface area contributed by atoms with Crippen molar-refractivity contribution < 1.29 is 0 Å². The topological polar surface area (TPSA) is 43.6 Å². The summed E-state index contributed by atoms with van der Waals surface area (Å²) in [5, 5.41) is 7.72. The van der Waals surface area contributed by atoms with Gasteiger partial charge in [-0.05, 0) is 25.5 Å². The van der Waals surface area contributed by atoms with E-state index in [4.69, 9.17) is 11.6 Å². The Morgan fingerprint density at radius 2 is 2.13 bits per heavy atom. The number of pyridine rings is 1. The average molecular weight is 223 g/mol. The molecule has 0 N–H and O–H groups in total. The molecule has 2 aromatic heterocycles.